The molecule has 0 spiro atoms. The third kappa shape index (κ3) is 2.71. The first kappa shape index (κ1) is 14.3. The summed E-state index contributed by atoms with van der Waals surface area (Å²) >= 11 is 0. The molecule has 1 aliphatic carbocycles. The van der Waals surface area contributed by atoms with E-state index in [0.717, 1.165) is 36.8 Å². The quantitative estimate of drug-likeness (QED) is 0.943. The highest BCUT2D eigenvalue weighted by Gasteiger charge is 2.59. The summed E-state index contributed by atoms with van der Waals surface area (Å²) < 4.78 is 2.01. The molecule has 5 nitrogen and oxygen atoms in total. The smallest absolute Gasteiger partial charge is 0.321 e. The van der Waals surface area contributed by atoms with Crippen LogP contribution in [0.1, 0.15) is 25.3 Å². The Kier molecular flexibility index (Phi) is 3.36. The normalized spacial score (nSPS) is 25.3. The maximum absolute atomic E-state index is 12.5. The minimum atomic E-state index is 0.0322. The number of piperidine rings is 1. The lowest BCUT2D eigenvalue weighted by Gasteiger charge is -2.21. The highest BCUT2D eigenvalue weighted by molar-refractivity contribution is 5.89. The van der Waals surface area contributed by atoms with Crippen molar-refractivity contribution in [3.63, 3.8) is 0 Å². The SMILES string of the molecule is CC[C@]12C[C@H]1CN(C(=O)Nc1cccc(Cn3ccnc3)c1)C2. The molecule has 0 unspecified atom stereocenters. The summed E-state index contributed by atoms with van der Waals surface area (Å²) in [6.45, 7) is 4.82. The van der Waals surface area contributed by atoms with Crippen molar-refractivity contribution >= 4 is 11.7 Å². The Bertz CT molecular complexity index is 708. The number of hydrogen-bond acceptors (Lipinski definition) is 2. The van der Waals surface area contributed by atoms with Gasteiger partial charge in [-0.2, -0.15) is 0 Å². The number of rotatable bonds is 4. The molecule has 1 aliphatic heterocycles. The molecular weight excluding hydrogens is 288 g/mol. The molecule has 2 atom stereocenters. The number of likely N-dealkylation sites (tertiary alicyclic amines) is 1. The van der Waals surface area contributed by atoms with Gasteiger partial charge in [-0.25, -0.2) is 9.78 Å². The second-order valence-electron chi connectivity index (χ2n) is 6.86. The third-order valence-electron chi connectivity index (χ3n) is 5.40. The predicted molar refractivity (Wildman–Crippen MR) is 89.2 cm³/mol. The molecule has 1 N–H and O–H groups in total. The van der Waals surface area contributed by atoms with Gasteiger partial charge < -0.3 is 14.8 Å². The number of anilines is 1. The van der Waals surface area contributed by atoms with Crippen LogP contribution in [0.5, 0.6) is 0 Å². The molecule has 1 aromatic carbocycles. The summed E-state index contributed by atoms with van der Waals surface area (Å²) in [4.78, 5) is 18.5. The van der Waals surface area contributed by atoms with E-state index in [1.165, 1.54) is 12.8 Å². The zero-order valence-corrected chi connectivity index (χ0v) is 13.4. The number of nitrogens with zero attached hydrogens (tertiary/aromatic N) is 3. The molecule has 2 aliphatic rings. The summed E-state index contributed by atoms with van der Waals surface area (Å²) in [5, 5.41) is 3.05. The molecule has 1 aromatic heterocycles. The molecule has 1 saturated heterocycles. The number of aromatic nitrogens is 2. The summed E-state index contributed by atoms with van der Waals surface area (Å²) in [5.41, 5.74) is 2.44. The van der Waals surface area contributed by atoms with Gasteiger partial charge in [0.2, 0.25) is 0 Å². The Morgan fingerprint density at radius 1 is 1.48 bits per heavy atom. The number of fused-ring (bicyclic) bond motifs is 1. The van der Waals surface area contributed by atoms with Crippen LogP contribution in [0.4, 0.5) is 10.5 Å². The first-order valence-corrected chi connectivity index (χ1v) is 8.29. The van der Waals surface area contributed by atoms with E-state index in [9.17, 15) is 4.79 Å². The maximum atomic E-state index is 12.5. The number of urea groups is 1. The first-order valence-electron chi connectivity index (χ1n) is 8.29. The van der Waals surface area contributed by atoms with Crippen molar-refractivity contribution in [1.82, 2.24) is 14.5 Å². The van der Waals surface area contributed by atoms with Gasteiger partial charge in [0.1, 0.15) is 0 Å². The van der Waals surface area contributed by atoms with Gasteiger partial charge in [-0.1, -0.05) is 19.1 Å². The summed E-state index contributed by atoms with van der Waals surface area (Å²) in [5.74, 6) is 0.728. The number of hydrogen-bond donors (Lipinski definition) is 1. The van der Waals surface area contributed by atoms with Crippen molar-refractivity contribution in [2.75, 3.05) is 18.4 Å². The first-order chi connectivity index (χ1) is 11.2. The van der Waals surface area contributed by atoms with E-state index in [4.69, 9.17) is 0 Å². The van der Waals surface area contributed by atoms with Crippen molar-refractivity contribution in [3.8, 4) is 0 Å². The molecule has 5 heteroatoms. The van der Waals surface area contributed by atoms with Crippen LogP contribution in [0.15, 0.2) is 43.0 Å². The van der Waals surface area contributed by atoms with Crippen LogP contribution in [0, 0.1) is 11.3 Å². The standard InChI is InChI=1S/C18H22N4O/c1-2-18-9-15(18)11-22(12-18)17(23)20-16-5-3-4-14(8-16)10-21-7-6-19-13-21/h3-8,13,15H,2,9-12H2,1H3,(H,20,23)/t15-,18+/m0/s1. The number of carbonyl (C=O) groups is 1. The van der Waals surface area contributed by atoms with Crippen LogP contribution in [-0.2, 0) is 6.54 Å². The molecule has 0 bridgehead atoms. The van der Waals surface area contributed by atoms with E-state index < -0.39 is 0 Å². The van der Waals surface area contributed by atoms with Gasteiger partial charge >= 0.3 is 6.03 Å². The van der Waals surface area contributed by atoms with Gasteiger partial charge in [0.05, 0.1) is 6.33 Å². The Labute approximate surface area is 136 Å². The van der Waals surface area contributed by atoms with Crippen molar-refractivity contribution in [2.24, 2.45) is 11.3 Å². The van der Waals surface area contributed by atoms with E-state index in [1.54, 1.807) is 12.5 Å². The largest absolute Gasteiger partial charge is 0.333 e. The Balaban J connectivity index is 1.40. The minimum Gasteiger partial charge on any atom is -0.333 e. The molecule has 2 aromatic rings. The number of carbonyl (C=O) groups excluding carboxylic acids is 1. The highest BCUT2D eigenvalue weighted by Crippen LogP contribution is 2.59. The average Bonchev–Trinajstić information content (AvgIpc) is 2.92. The van der Waals surface area contributed by atoms with Crippen LogP contribution < -0.4 is 5.32 Å². The van der Waals surface area contributed by atoms with Gasteiger partial charge in [0.25, 0.3) is 0 Å². The highest BCUT2D eigenvalue weighted by atomic mass is 16.2. The van der Waals surface area contributed by atoms with Crippen LogP contribution in [0.25, 0.3) is 0 Å². The van der Waals surface area contributed by atoms with Gasteiger partial charge in [0, 0.05) is 37.7 Å². The second kappa shape index (κ2) is 5.41. The molecule has 23 heavy (non-hydrogen) atoms. The lowest BCUT2D eigenvalue weighted by Crippen LogP contribution is -2.35. The van der Waals surface area contributed by atoms with Crippen LogP contribution in [0.3, 0.4) is 0 Å². The van der Waals surface area contributed by atoms with Crippen LogP contribution >= 0.6 is 0 Å². The molecule has 120 valence electrons. The Morgan fingerprint density at radius 2 is 2.39 bits per heavy atom. The van der Waals surface area contributed by atoms with E-state index in [2.05, 4.69) is 23.3 Å². The summed E-state index contributed by atoms with van der Waals surface area (Å²) in [6.07, 6.45) is 7.99. The number of amides is 2. The fourth-order valence-corrected chi connectivity index (χ4v) is 3.83. The van der Waals surface area contributed by atoms with Crippen molar-refractivity contribution in [2.45, 2.75) is 26.3 Å². The molecule has 0 radical (unpaired) electrons. The molecule has 1 saturated carbocycles. The lowest BCUT2D eigenvalue weighted by molar-refractivity contribution is 0.213. The monoisotopic (exact) mass is 310 g/mol. The van der Waals surface area contributed by atoms with Gasteiger partial charge in [-0.15, -0.1) is 0 Å². The predicted octanol–water partition coefficient (Wildman–Crippen LogP) is 3.20. The average molecular weight is 310 g/mol. The number of imidazole rings is 1. The third-order valence-corrected chi connectivity index (χ3v) is 5.40. The summed E-state index contributed by atoms with van der Waals surface area (Å²) in [7, 11) is 0. The fourth-order valence-electron chi connectivity index (χ4n) is 3.83. The van der Waals surface area contributed by atoms with Crippen molar-refractivity contribution < 1.29 is 4.79 Å². The van der Waals surface area contributed by atoms with E-state index >= 15 is 0 Å². The van der Waals surface area contributed by atoms with E-state index in [0.29, 0.717) is 5.41 Å². The van der Waals surface area contributed by atoms with Crippen molar-refractivity contribution in [3.05, 3.63) is 48.5 Å². The number of nitrogens with one attached hydrogen (secondary N) is 1. The molecule has 2 amide bonds. The Morgan fingerprint density at radius 3 is 3.13 bits per heavy atom. The lowest BCUT2D eigenvalue weighted by atomic mass is 10.0. The van der Waals surface area contributed by atoms with Crippen LogP contribution in [0.2, 0.25) is 0 Å². The zero-order chi connectivity index (χ0) is 15.9. The van der Waals surface area contributed by atoms with E-state index in [-0.39, 0.29) is 6.03 Å². The van der Waals surface area contributed by atoms with Gasteiger partial charge in [0.15, 0.2) is 0 Å². The number of benzene rings is 1. The maximum Gasteiger partial charge on any atom is 0.321 e. The van der Waals surface area contributed by atoms with E-state index in [1.807, 2.05) is 33.9 Å². The molecule has 2 fully saturated rings. The van der Waals surface area contributed by atoms with Gasteiger partial charge in [-0.3, -0.25) is 0 Å². The minimum absolute atomic E-state index is 0.0322. The fraction of sp³-hybridized carbons (Fsp3) is 0.444. The second-order valence-corrected chi connectivity index (χ2v) is 6.86. The molecular formula is C18H22N4O. The van der Waals surface area contributed by atoms with Crippen LogP contribution in [-0.4, -0.2) is 33.6 Å². The summed E-state index contributed by atoms with van der Waals surface area (Å²) in [6, 6.07) is 8.06. The van der Waals surface area contributed by atoms with Crippen molar-refractivity contribution in [1.29, 1.82) is 0 Å². The molecule has 4 rings (SSSR count). The topological polar surface area (TPSA) is 50.2 Å². The Hall–Kier alpha value is -2.30. The molecule has 2 heterocycles. The van der Waals surface area contributed by atoms with Gasteiger partial charge in [-0.05, 0) is 41.9 Å². The zero-order valence-electron chi connectivity index (χ0n) is 13.4.